The van der Waals surface area contributed by atoms with E-state index in [2.05, 4.69) is 20.6 Å². The van der Waals surface area contributed by atoms with Gasteiger partial charge in [0.05, 0.1) is 18.3 Å². The molecule has 2 aliphatic carbocycles. The van der Waals surface area contributed by atoms with Crippen LogP contribution >= 0.6 is 11.6 Å². The average molecular weight is 459 g/mol. The number of rotatable bonds is 9. The number of aromatic amines is 1. The minimum Gasteiger partial charge on any atom is -0.320 e. The maximum absolute atomic E-state index is 14.5. The van der Waals surface area contributed by atoms with Gasteiger partial charge in [0.1, 0.15) is 10.8 Å². The number of aromatic nitrogens is 4. The van der Waals surface area contributed by atoms with Crippen LogP contribution in [-0.4, -0.2) is 38.4 Å². The van der Waals surface area contributed by atoms with E-state index in [4.69, 9.17) is 17.3 Å². The second-order valence-electron chi connectivity index (χ2n) is 8.20. The third kappa shape index (κ3) is 4.93. The first-order valence-electron chi connectivity index (χ1n) is 10.1. The van der Waals surface area contributed by atoms with E-state index in [1.54, 1.807) is 0 Å². The number of nitrogens with zero attached hydrogens (tertiary/aromatic N) is 3. The molecule has 0 aliphatic heterocycles. The Kier molecular flexibility index (Phi) is 6.07. The van der Waals surface area contributed by atoms with E-state index in [-0.39, 0.29) is 22.3 Å². The molecule has 2 aromatic rings. The highest BCUT2D eigenvalue weighted by Crippen LogP contribution is 2.50. The molecule has 31 heavy (non-hydrogen) atoms. The van der Waals surface area contributed by atoms with E-state index in [1.165, 1.54) is 0 Å². The number of nitrogens with one attached hydrogen (secondary N) is 2. The highest BCUT2D eigenvalue weighted by molar-refractivity contribution is 6.29. The molecule has 2 atom stereocenters. The zero-order chi connectivity index (χ0) is 22.3. The average Bonchev–Trinajstić information content (AvgIpc) is 3.63. The van der Waals surface area contributed by atoms with Crippen molar-refractivity contribution in [3.05, 3.63) is 39.3 Å². The second kappa shape index (κ2) is 8.62. The quantitative estimate of drug-likeness (QED) is 0.534. The van der Waals surface area contributed by atoms with Gasteiger partial charge in [-0.2, -0.15) is 9.49 Å². The third-order valence-corrected chi connectivity index (χ3v) is 6.07. The van der Waals surface area contributed by atoms with Crippen LogP contribution in [-0.2, 0) is 4.79 Å². The van der Waals surface area contributed by atoms with Crippen molar-refractivity contribution in [2.45, 2.75) is 50.6 Å². The second-order valence-corrected chi connectivity index (χ2v) is 8.59. The van der Waals surface area contributed by atoms with Gasteiger partial charge in [-0.25, -0.2) is 13.9 Å². The van der Waals surface area contributed by atoms with E-state index in [9.17, 15) is 22.8 Å². The van der Waals surface area contributed by atoms with Crippen molar-refractivity contribution in [1.82, 2.24) is 20.0 Å². The van der Waals surface area contributed by atoms with Gasteiger partial charge in [0.25, 0.3) is 11.5 Å². The van der Waals surface area contributed by atoms with E-state index >= 15 is 0 Å². The van der Waals surface area contributed by atoms with E-state index in [0.29, 0.717) is 11.8 Å². The van der Waals surface area contributed by atoms with Crippen molar-refractivity contribution < 1.29 is 18.0 Å². The Morgan fingerprint density at radius 2 is 1.97 bits per heavy atom. The number of amides is 1. The molecule has 1 amide bonds. The number of halogens is 4. The molecular formula is C19H22ClF3N6O2. The first-order valence-corrected chi connectivity index (χ1v) is 10.5. The van der Waals surface area contributed by atoms with Crippen molar-refractivity contribution in [3.63, 3.8) is 0 Å². The zero-order valence-electron chi connectivity index (χ0n) is 16.4. The molecule has 12 heteroatoms. The number of nitrogens with two attached hydrogens (primary N) is 1. The number of hydrogen-bond donors (Lipinski definition) is 3. The number of anilines is 1. The largest absolute Gasteiger partial charge is 0.320 e. The maximum atomic E-state index is 14.5. The van der Waals surface area contributed by atoms with Crippen LogP contribution in [0.25, 0.3) is 0 Å². The number of carbonyl (C=O) groups is 1. The fraction of sp³-hybridized carbons (Fsp3) is 0.579. The molecule has 2 unspecified atom stereocenters. The molecule has 2 aliphatic rings. The number of alkyl halides is 2. The summed E-state index contributed by atoms with van der Waals surface area (Å²) in [5.41, 5.74) is 4.98. The van der Waals surface area contributed by atoms with E-state index in [1.807, 2.05) is 0 Å². The van der Waals surface area contributed by atoms with Gasteiger partial charge in [0.15, 0.2) is 0 Å². The first kappa shape index (κ1) is 21.8. The topological polar surface area (TPSA) is 119 Å². The summed E-state index contributed by atoms with van der Waals surface area (Å²) in [7, 11) is 0. The molecular weight excluding hydrogens is 437 g/mol. The lowest BCUT2D eigenvalue weighted by molar-refractivity contribution is -0.118. The minimum absolute atomic E-state index is 0.0576. The lowest BCUT2D eigenvalue weighted by Gasteiger charge is -2.22. The molecule has 0 bridgehead atoms. The summed E-state index contributed by atoms with van der Waals surface area (Å²) in [5, 5.41) is 11.5. The predicted octanol–water partition coefficient (Wildman–Crippen LogP) is 2.71. The van der Waals surface area contributed by atoms with Gasteiger partial charge in [-0.1, -0.05) is 11.6 Å². The Bertz CT molecular complexity index is 1010. The van der Waals surface area contributed by atoms with Crippen LogP contribution in [0.5, 0.6) is 0 Å². The molecule has 2 fully saturated rings. The minimum atomic E-state index is -2.81. The Labute approximate surface area is 180 Å². The highest BCUT2D eigenvalue weighted by atomic mass is 35.5. The summed E-state index contributed by atoms with van der Waals surface area (Å²) < 4.78 is 41.7. The Morgan fingerprint density at radius 1 is 1.32 bits per heavy atom. The predicted molar refractivity (Wildman–Crippen MR) is 106 cm³/mol. The SMILES string of the molecule is NC(C(=O)Nc1cn(C(CC(F)F)c2cc(Cl)n[nH]c2=O)nc1F)C(C1CC1)C1CC1. The number of H-pyrrole nitrogens is 1. The van der Waals surface area contributed by atoms with Crippen molar-refractivity contribution in [2.75, 3.05) is 5.32 Å². The molecule has 2 aromatic heterocycles. The molecule has 0 radical (unpaired) electrons. The lowest BCUT2D eigenvalue weighted by atomic mass is 9.89. The summed E-state index contributed by atoms with van der Waals surface area (Å²) >= 11 is 5.77. The van der Waals surface area contributed by atoms with Crippen LogP contribution in [0.3, 0.4) is 0 Å². The number of carbonyl (C=O) groups excluding carboxylic acids is 1. The highest BCUT2D eigenvalue weighted by Gasteiger charge is 2.46. The van der Waals surface area contributed by atoms with Crippen molar-refractivity contribution in [2.24, 2.45) is 23.5 Å². The van der Waals surface area contributed by atoms with Gasteiger partial charge in [-0.05, 0) is 49.5 Å². The molecule has 168 valence electrons. The fourth-order valence-electron chi connectivity index (χ4n) is 4.13. The van der Waals surface area contributed by atoms with Crippen LogP contribution in [0.1, 0.15) is 43.7 Å². The fourth-order valence-corrected chi connectivity index (χ4v) is 4.29. The van der Waals surface area contributed by atoms with E-state index in [0.717, 1.165) is 42.6 Å². The Balaban J connectivity index is 1.56. The van der Waals surface area contributed by atoms with Crippen LogP contribution in [0.15, 0.2) is 17.1 Å². The van der Waals surface area contributed by atoms with Crippen molar-refractivity contribution in [1.29, 1.82) is 0 Å². The van der Waals surface area contributed by atoms with Gasteiger partial charge in [0.2, 0.25) is 12.3 Å². The molecule has 0 saturated heterocycles. The summed E-state index contributed by atoms with van der Waals surface area (Å²) in [6.07, 6.45) is 1.58. The van der Waals surface area contributed by atoms with Crippen LogP contribution in [0, 0.1) is 23.7 Å². The third-order valence-electron chi connectivity index (χ3n) is 5.88. The van der Waals surface area contributed by atoms with Crippen LogP contribution < -0.4 is 16.6 Å². The van der Waals surface area contributed by atoms with Crippen molar-refractivity contribution >= 4 is 23.2 Å². The molecule has 8 nitrogen and oxygen atoms in total. The molecule has 2 saturated carbocycles. The smallest absolute Gasteiger partial charge is 0.269 e. The van der Waals surface area contributed by atoms with Gasteiger partial charge in [-0.15, -0.1) is 5.10 Å². The van der Waals surface area contributed by atoms with Gasteiger partial charge >= 0.3 is 0 Å². The molecule has 4 N–H and O–H groups in total. The molecule has 0 aromatic carbocycles. The summed E-state index contributed by atoms with van der Waals surface area (Å²) in [5.74, 6) is -0.718. The molecule has 0 spiro atoms. The van der Waals surface area contributed by atoms with Gasteiger partial charge < -0.3 is 11.1 Å². The normalized spacial score (nSPS) is 18.4. The van der Waals surface area contributed by atoms with Crippen LogP contribution in [0.4, 0.5) is 18.9 Å². The molecule has 2 heterocycles. The lowest BCUT2D eigenvalue weighted by Crippen LogP contribution is -2.43. The van der Waals surface area contributed by atoms with Gasteiger partial charge in [-0.3, -0.25) is 14.3 Å². The zero-order valence-corrected chi connectivity index (χ0v) is 17.2. The standard InChI is InChI=1S/C19H22ClF3N6O2/c20-13-5-10(18(30)27-26-13)12(6-14(21)22)29-7-11(17(23)28-29)25-19(31)16(24)15(8-1-2-8)9-3-4-9/h5,7-9,12,14-16H,1-4,6,24H2,(H,25,31)(H,27,30). The maximum Gasteiger partial charge on any atom is 0.269 e. The van der Waals surface area contributed by atoms with Gasteiger partial charge in [0, 0.05) is 12.0 Å². The van der Waals surface area contributed by atoms with Crippen molar-refractivity contribution in [3.8, 4) is 0 Å². The monoisotopic (exact) mass is 458 g/mol. The van der Waals surface area contributed by atoms with Crippen LogP contribution in [0.2, 0.25) is 5.15 Å². The summed E-state index contributed by atoms with van der Waals surface area (Å²) in [6, 6.07) is -0.984. The Hall–Kier alpha value is -2.40. The number of hydrogen-bond acceptors (Lipinski definition) is 5. The summed E-state index contributed by atoms with van der Waals surface area (Å²) in [4.78, 5) is 24.8. The van der Waals surface area contributed by atoms with E-state index < -0.39 is 42.3 Å². The Morgan fingerprint density at radius 3 is 2.55 bits per heavy atom. The summed E-state index contributed by atoms with van der Waals surface area (Å²) in [6.45, 7) is 0. The first-order chi connectivity index (χ1) is 14.7. The molecule has 4 rings (SSSR count).